The molecule has 0 fully saturated rings. The number of carbonyl (C=O) groups excluding carboxylic acids is 1. The molecule has 0 saturated heterocycles. The Morgan fingerprint density at radius 2 is 1.88 bits per heavy atom. The fourth-order valence-corrected chi connectivity index (χ4v) is 2.50. The highest BCUT2D eigenvalue weighted by Gasteiger charge is 2.32. The second kappa shape index (κ2) is 6.11. The van der Waals surface area contributed by atoms with Crippen molar-refractivity contribution in [3.63, 3.8) is 0 Å². The van der Waals surface area contributed by atoms with Crippen LogP contribution in [-0.2, 0) is 4.74 Å². The molecule has 0 spiro atoms. The monoisotopic (exact) mass is 329 g/mol. The maximum absolute atomic E-state index is 13.2. The summed E-state index contributed by atoms with van der Waals surface area (Å²) in [6.45, 7) is 1.69. The fourth-order valence-electron chi connectivity index (χ4n) is 2.50. The molecular formula is C17H14FN2O4+. The van der Waals surface area contributed by atoms with Gasteiger partial charge in [0.05, 0.1) is 16.6 Å². The Morgan fingerprint density at radius 1 is 1.21 bits per heavy atom. The molecule has 0 aliphatic heterocycles. The molecule has 0 aliphatic rings. The number of halogens is 1. The highest BCUT2D eigenvalue weighted by atomic mass is 19.1. The minimum Gasteiger partial charge on any atom is -0.461 e. The van der Waals surface area contributed by atoms with Crippen LogP contribution in [0.4, 0.5) is 4.39 Å². The number of aromatic nitrogens is 2. The summed E-state index contributed by atoms with van der Waals surface area (Å²) in [6, 6.07) is 11.3. The van der Waals surface area contributed by atoms with Gasteiger partial charge in [-0.1, -0.05) is 12.1 Å². The van der Waals surface area contributed by atoms with Gasteiger partial charge in [-0.05, 0) is 37.3 Å². The first-order valence-corrected chi connectivity index (χ1v) is 7.27. The van der Waals surface area contributed by atoms with E-state index in [2.05, 4.69) is 0 Å². The molecule has 7 heteroatoms. The molecule has 1 heterocycles. The normalized spacial score (nSPS) is 10.8. The van der Waals surface area contributed by atoms with Crippen LogP contribution >= 0.6 is 0 Å². The van der Waals surface area contributed by atoms with Gasteiger partial charge in [0.25, 0.3) is 5.52 Å². The smallest absolute Gasteiger partial charge is 0.365 e. The third-order valence-electron chi connectivity index (χ3n) is 3.55. The molecule has 0 bridgehead atoms. The summed E-state index contributed by atoms with van der Waals surface area (Å²) in [5.74, 6) is -1.33. The minimum absolute atomic E-state index is 0.0768. The standard InChI is InChI=1S/C17H14FN2O4/c1-2-24-17(21)16-15(11-7-9-12(18)10-8-11)19(22)13-5-3-4-6-14(13)20(16)23/h3-10,23H,2H2,1H3/q+1. The molecule has 3 rings (SSSR count). The summed E-state index contributed by atoms with van der Waals surface area (Å²) in [7, 11) is 0. The molecule has 0 radical (unpaired) electrons. The molecule has 1 N–H and O–H groups in total. The zero-order valence-corrected chi connectivity index (χ0v) is 12.8. The zero-order chi connectivity index (χ0) is 17.3. The van der Waals surface area contributed by atoms with Crippen LogP contribution < -0.4 is 4.43 Å². The predicted octanol–water partition coefficient (Wildman–Crippen LogP) is 2.78. The first-order chi connectivity index (χ1) is 11.5. The van der Waals surface area contributed by atoms with E-state index < -0.39 is 11.8 Å². The molecule has 3 aromatic rings. The van der Waals surface area contributed by atoms with Crippen molar-refractivity contribution in [2.75, 3.05) is 6.61 Å². The van der Waals surface area contributed by atoms with Crippen molar-refractivity contribution in [1.29, 1.82) is 0 Å². The SMILES string of the molecule is CCOC(=O)c1c(-c2ccc(F)cc2)[n+](=O)c2ccccc2n1O. The molecule has 0 aliphatic carbocycles. The van der Waals surface area contributed by atoms with Gasteiger partial charge in [-0.15, -0.1) is 0 Å². The lowest BCUT2D eigenvalue weighted by Crippen LogP contribution is -2.28. The van der Waals surface area contributed by atoms with E-state index in [0.29, 0.717) is 9.16 Å². The lowest BCUT2D eigenvalue weighted by atomic mass is 10.1. The number of carbonyl (C=O) groups is 1. The van der Waals surface area contributed by atoms with Crippen molar-refractivity contribution < 1.29 is 23.6 Å². The molecular weight excluding hydrogens is 315 g/mol. The highest BCUT2D eigenvalue weighted by molar-refractivity contribution is 5.95. The number of fused-ring (bicyclic) bond motifs is 1. The number of benzene rings is 2. The largest absolute Gasteiger partial charge is 0.461 e. The van der Waals surface area contributed by atoms with E-state index in [1.807, 2.05) is 0 Å². The van der Waals surface area contributed by atoms with E-state index >= 15 is 0 Å². The van der Waals surface area contributed by atoms with E-state index in [1.165, 1.54) is 36.4 Å². The van der Waals surface area contributed by atoms with Crippen LogP contribution in [0.2, 0.25) is 0 Å². The average Bonchev–Trinajstić information content (AvgIpc) is 2.59. The second-order valence-corrected chi connectivity index (χ2v) is 5.02. The summed E-state index contributed by atoms with van der Waals surface area (Å²) >= 11 is 0. The Hall–Kier alpha value is -3.22. The number of ether oxygens (including phenoxy) is 1. The molecule has 0 atom stereocenters. The van der Waals surface area contributed by atoms with Crippen LogP contribution in [-0.4, -0.2) is 22.5 Å². The lowest BCUT2D eigenvalue weighted by Gasteiger charge is -2.09. The van der Waals surface area contributed by atoms with Gasteiger partial charge in [0, 0.05) is 11.0 Å². The van der Waals surface area contributed by atoms with Gasteiger partial charge >= 0.3 is 11.7 Å². The molecule has 2 aromatic carbocycles. The third kappa shape index (κ3) is 2.50. The van der Waals surface area contributed by atoms with Gasteiger partial charge in [0.1, 0.15) is 5.82 Å². The Labute approximate surface area is 135 Å². The van der Waals surface area contributed by atoms with E-state index in [4.69, 9.17) is 4.74 Å². The van der Waals surface area contributed by atoms with Crippen LogP contribution in [0.25, 0.3) is 22.3 Å². The van der Waals surface area contributed by atoms with Crippen molar-refractivity contribution in [2.24, 2.45) is 0 Å². The van der Waals surface area contributed by atoms with Gasteiger partial charge in [-0.3, -0.25) is 0 Å². The van der Waals surface area contributed by atoms with Crippen molar-refractivity contribution in [2.45, 2.75) is 6.92 Å². The van der Waals surface area contributed by atoms with Crippen molar-refractivity contribution in [3.8, 4) is 11.3 Å². The number of rotatable bonds is 3. The maximum atomic E-state index is 13.2. The molecule has 0 unspecified atom stereocenters. The molecule has 6 nitrogen and oxygen atoms in total. The van der Waals surface area contributed by atoms with Gasteiger partial charge in [-0.25, -0.2) is 9.18 Å². The third-order valence-corrected chi connectivity index (χ3v) is 3.55. The Kier molecular flexibility index (Phi) is 3.99. The van der Waals surface area contributed by atoms with Crippen molar-refractivity contribution >= 4 is 17.0 Å². The topological polar surface area (TPSA) is 74.4 Å². The Balaban J connectivity index is 2.43. The minimum atomic E-state index is -0.852. The number of hydrogen-bond donors (Lipinski definition) is 1. The fraction of sp³-hybridized carbons (Fsp3) is 0.118. The van der Waals surface area contributed by atoms with E-state index in [9.17, 15) is 19.3 Å². The lowest BCUT2D eigenvalue weighted by molar-refractivity contribution is -0.452. The maximum Gasteiger partial charge on any atom is 0.365 e. The first-order valence-electron chi connectivity index (χ1n) is 7.27. The van der Waals surface area contributed by atoms with Gasteiger partial charge in [0.2, 0.25) is 5.69 Å². The van der Waals surface area contributed by atoms with E-state index in [0.717, 1.165) is 0 Å². The van der Waals surface area contributed by atoms with Crippen LogP contribution in [0.5, 0.6) is 0 Å². The van der Waals surface area contributed by atoms with E-state index in [1.54, 1.807) is 19.1 Å². The van der Waals surface area contributed by atoms with Crippen LogP contribution in [0.1, 0.15) is 17.4 Å². The summed E-state index contributed by atoms with van der Waals surface area (Å²) < 4.78 is 19.3. The Morgan fingerprint density at radius 3 is 2.54 bits per heavy atom. The second-order valence-electron chi connectivity index (χ2n) is 5.02. The predicted molar refractivity (Wildman–Crippen MR) is 83.8 cm³/mol. The summed E-state index contributed by atoms with van der Waals surface area (Å²) in [6.07, 6.45) is 0. The number of hydrogen-bond acceptors (Lipinski definition) is 4. The van der Waals surface area contributed by atoms with Gasteiger partial charge < -0.3 is 9.94 Å². The van der Waals surface area contributed by atoms with Crippen LogP contribution in [0.15, 0.2) is 48.5 Å². The van der Waals surface area contributed by atoms with Crippen LogP contribution in [0, 0.1) is 10.7 Å². The van der Waals surface area contributed by atoms with Crippen molar-refractivity contribution in [3.05, 3.63) is 64.9 Å². The van der Waals surface area contributed by atoms with Gasteiger partial charge in [0.15, 0.2) is 5.52 Å². The number of esters is 1. The summed E-state index contributed by atoms with van der Waals surface area (Å²) in [5.41, 5.74) is 0.156. The van der Waals surface area contributed by atoms with Gasteiger partial charge in [-0.2, -0.15) is 4.73 Å². The molecule has 0 amide bonds. The zero-order valence-electron chi connectivity index (χ0n) is 12.8. The summed E-state index contributed by atoms with van der Waals surface area (Å²) in [4.78, 5) is 25.1. The molecule has 24 heavy (non-hydrogen) atoms. The van der Waals surface area contributed by atoms with Crippen LogP contribution in [0.3, 0.4) is 0 Å². The number of para-hydroxylation sites is 2. The average molecular weight is 329 g/mol. The van der Waals surface area contributed by atoms with E-state index in [-0.39, 0.29) is 34.6 Å². The molecule has 1 aromatic heterocycles. The highest BCUT2D eigenvalue weighted by Crippen LogP contribution is 2.24. The number of nitrogens with zero attached hydrogens (tertiary/aromatic N) is 2. The Bertz CT molecular complexity index is 980. The van der Waals surface area contributed by atoms with Crippen molar-refractivity contribution in [1.82, 2.24) is 4.73 Å². The molecule has 0 saturated carbocycles. The quantitative estimate of drug-likeness (QED) is 0.455. The molecule has 122 valence electrons. The first kappa shape index (κ1) is 15.7. The summed E-state index contributed by atoms with van der Waals surface area (Å²) in [5, 5.41) is 10.5.